The number of hydrogen-bond donors (Lipinski definition) is 2. The summed E-state index contributed by atoms with van der Waals surface area (Å²) in [5, 5.41) is 3.18. The van der Waals surface area contributed by atoms with Crippen LogP contribution in [0.3, 0.4) is 0 Å². The highest BCUT2D eigenvalue weighted by atomic mass is 79.9. The molecule has 0 radical (unpaired) electrons. The molecule has 106 valence electrons. The van der Waals surface area contributed by atoms with Gasteiger partial charge < -0.3 is 19.9 Å². The third-order valence-corrected chi connectivity index (χ3v) is 3.28. The summed E-state index contributed by atoms with van der Waals surface area (Å²) in [5.41, 5.74) is 5.97. The smallest absolute Gasteiger partial charge is 0.291 e. The minimum absolute atomic E-state index is 0.0996. The van der Waals surface area contributed by atoms with E-state index in [2.05, 4.69) is 21.2 Å². The standard InChI is InChI=1S/C14H9BrN2O4/c15-10-6-5-9(20-10)14(19)17-11-7-3-1-2-4-8(7)21-12(11)13(16)18/h1-6H,(H2,16,18)(H,17,19). The molecule has 0 fully saturated rings. The lowest BCUT2D eigenvalue weighted by atomic mass is 10.2. The Morgan fingerprint density at radius 3 is 2.52 bits per heavy atom. The van der Waals surface area contributed by atoms with Gasteiger partial charge in [0, 0.05) is 5.39 Å². The zero-order chi connectivity index (χ0) is 15.0. The van der Waals surface area contributed by atoms with Crippen molar-refractivity contribution in [2.24, 2.45) is 5.73 Å². The first kappa shape index (κ1) is 13.4. The molecule has 6 nitrogen and oxygen atoms in total. The Hall–Kier alpha value is -2.54. The number of rotatable bonds is 3. The van der Waals surface area contributed by atoms with Crippen molar-refractivity contribution in [3.63, 3.8) is 0 Å². The van der Waals surface area contributed by atoms with Gasteiger partial charge in [0.1, 0.15) is 11.3 Å². The van der Waals surface area contributed by atoms with E-state index in [1.807, 2.05) is 0 Å². The van der Waals surface area contributed by atoms with Crippen LogP contribution in [0.25, 0.3) is 11.0 Å². The fraction of sp³-hybridized carbons (Fsp3) is 0. The van der Waals surface area contributed by atoms with Gasteiger partial charge in [0.2, 0.25) is 5.76 Å². The average Bonchev–Trinajstić information content (AvgIpc) is 3.03. The zero-order valence-electron chi connectivity index (χ0n) is 10.6. The van der Waals surface area contributed by atoms with E-state index < -0.39 is 11.8 Å². The number of nitrogens with one attached hydrogen (secondary N) is 1. The number of fused-ring (bicyclic) bond motifs is 1. The van der Waals surface area contributed by atoms with Crippen LogP contribution < -0.4 is 11.1 Å². The molecule has 2 heterocycles. The van der Waals surface area contributed by atoms with Crippen LogP contribution in [0.1, 0.15) is 21.1 Å². The summed E-state index contributed by atoms with van der Waals surface area (Å²) in [5.74, 6) is -1.27. The molecular weight excluding hydrogens is 340 g/mol. The fourth-order valence-electron chi connectivity index (χ4n) is 1.95. The van der Waals surface area contributed by atoms with Gasteiger partial charge in [0.05, 0.1) is 0 Å². The van der Waals surface area contributed by atoms with Crippen LogP contribution >= 0.6 is 15.9 Å². The van der Waals surface area contributed by atoms with Gasteiger partial charge in [-0.2, -0.15) is 0 Å². The Morgan fingerprint density at radius 1 is 1.10 bits per heavy atom. The molecular formula is C14H9BrN2O4. The largest absolute Gasteiger partial charge is 0.449 e. The summed E-state index contributed by atoms with van der Waals surface area (Å²) in [4.78, 5) is 23.6. The molecule has 3 rings (SSSR count). The van der Waals surface area contributed by atoms with Gasteiger partial charge in [-0.15, -0.1) is 0 Å². The van der Waals surface area contributed by atoms with E-state index in [9.17, 15) is 9.59 Å². The lowest BCUT2D eigenvalue weighted by molar-refractivity contribution is 0.0977. The summed E-state index contributed by atoms with van der Waals surface area (Å²) in [6.45, 7) is 0. The van der Waals surface area contributed by atoms with Crippen molar-refractivity contribution in [2.75, 3.05) is 5.32 Å². The fourth-order valence-corrected chi connectivity index (χ4v) is 2.26. The maximum Gasteiger partial charge on any atom is 0.291 e. The molecule has 1 aromatic carbocycles. The van der Waals surface area contributed by atoms with Gasteiger partial charge in [0.15, 0.2) is 10.4 Å². The second kappa shape index (κ2) is 5.10. The Kier molecular flexibility index (Phi) is 3.26. The molecule has 0 aliphatic rings. The maximum atomic E-state index is 12.1. The lowest BCUT2D eigenvalue weighted by Gasteiger charge is -2.02. The second-order valence-corrected chi connectivity index (χ2v) is 5.01. The number of para-hydroxylation sites is 1. The van der Waals surface area contributed by atoms with E-state index in [0.29, 0.717) is 15.6 Å². The van der Waals surface area contributed by atoms with E-state index >= 15 is 0 Å². The van der Waals surface area contributed by atoms with Crippen molar-refractivity contribution in [3.05, 3.63) is 52.6 Å². The Balaban J connectivity index is 2.05. The van der Waals surface area contributed by atoms with Crippen LogP contribution in [-0.2, 0) is 0 Å². The van der Waals surface area contributed by atoms with E-state index in [-0.39, 0.29) is 17.2 Å². The van der Waals surface area contributed by atoms with Crippen LogP contribution in [0, 0.1) is 0 Å². The summed E-state index contributed by atoms with van der Waals surface area (Å²) >= 11 is 3.12. The highest BCUT2D eigenvalue weighted by molar-refractivity contribution is 9.10. The molecule has 0 saturated carbocycles. The number of carbonyl (C=O) groups excluding carboxylic acids is 2. The highest BCUT2D eigenvalue weighted by Gasteiger charge is 2.21. The lowest BCUT2D eigenvalue weighted by Crippen LogP contribution is -2.16. The molecule has 3 N–H and O–H groups in total. The first-order valence-corrected chi connectivity index (χ1v) is 6.73. The third-order valence-electron chi connectivity index (χ3n) is 2.85. The molecule has 7 heteroatoms. The molecule has 0 atom stereocenters. The molecule has 2 aromatic heterocycles. The number of amides is 2. The molecule has 0 unspecified atom stereocenters. The topological polar surface area (TPSA) is 98.5 Å². The monoisotopic (exact) mass is 348 g/mol. The number of benzene rings is 1. The van der Waals surface area contributed by atoms with Crippen molar-refractivity contribution in [1.29, 1.82) is 0 Å². The van der Waals surface area contributed by atoms with Gasteiger partial charge in [-0.25, -0.2) is 0 Å². The second-order valence-electron chi connectivity index (χ2n) is 4.22. The van der Waals surface area contributed by atoms with Gasteiger partial charge in [-0.05, 0) is 40.2 Å². The van der Waals surface area contributed by atoms with Crippen LogP contribution in [0.5, 0.6) is 0 Å². The van der Waals surface area contributed by atoms with Crippen LogP contribution in [0.15, 0.2) is 49.9 Å². The Labute approximate surface area is 127 Å². The first-order chi connectivity index (χ1) is 10.1. The van der Waals surface area contributed by atoms with Crippen molar-refractivity contribution >= 4 is 44.4 Å². The van der Waals surface area contributed by atoms with Gasteiger partial charge in [-0.3, -0.25) is 9.59 Å². The zero-order valence-corrected chi connectivity index (χ0v) is 12.1. The predicted octanol–water partition coefficient (Wildman–Crippen LogP) is 3.14. The molecule has 0 spiro atoms. The van der Waals surface area contributed by atoms with Crippen LogP contribution in [0.2, 0.25) is 0 Å². The SMILES string of the molecule is NC(=O)c1oc2ccccc2c1NC(=O)c1ccc(Br)o1. The number of furan rings is 2. The molecule has 0 aliphatic heterocycles. The van der Waals surface area contributed by atoms with E-state index in [0.717, 1.165) is 0 Å². The number of carbonyl (C=O) groups is 2. The quantitative estimate of drug-likeness (QED) is 0.759. The van der Waals surface area contributed by atoms with Crippen LogP contribution in [0.4, 0.5) is 5.69 Å². The van der Waals surface area contributed by atoms with Crippen molar-refractivity contribution in [3.8, 4) is 0 Å². The highest BCUT2D eigenvalue weighted by Crippen LogP contribution is 2.31. The summed E-state index contributed by atoms with van der Waals surface area (Å²) < 4.78 is 11.0. The Morgan fingerprint density at radius 2 is 1.86 bits per heavy atom. The number of anilines is 1. The minimum atomic E-state index is -0.762. The number of nitrogens with two attached hydrogens (primary N) is 1. The Bertz CT molecular complexity index is 850. The normalized spacial score (nSPS) is 10.7. The van der Waals surface area contributed by atoms with Crippen molar-refractivity contribution in [1.82, 2.24) is 0 Å². The summed E-state index contributed by atoms with van der Waals surface area (Å²) in [6.07, 6.45) is 0. The predicted molar refractivity (Wildman–Crippen MR) is 79.1 cm³/mol. The number of hydrogen-bond acceptors (Lipinski definition) is 4. The molecule has 3 aromatic rings. The van der Waals surface area contributed by atoms with Crippen molar-refractivity contribution in [2.45, 2.75) is 0 Å². The van der Waals surface area contributed by atoms with Crippen LogP contribution in [-0.4, -0.2) is 11.8 Å². The number of primary amides is 1. The van der Waals surface area contributed by atoms with Gasteiger partial charge >= 0.3 is 0 Å². The maximum absolute atomic E-state index is 12.1. The molecule has 0 bridgehead atoms. The van der Waals surface area contributed by atoms with E-state index in [4.69, 9.17) is 14.6 Å². The summed E-state index contributed by atoms with van der Waals surface area (Å²) in [6, 6.07) is 10.0. The molecule has 0 saturated heterocycles. The van der Waals surface area contributed by atoms with Gasteiger partial charge in [0.25, 0.3) is 11.8 Å². The first-order valence-electron chi connectivity index (χ1n) is 5.94. The van der Waals surface area contributed by atoms with E-state index in [1.54, 1.807) is 30.3 Å². The number of halogens is 1. The molecule has 21 heavy (non-hydrogen) atoms. The third kappa shape index (κ3) is 2.43. The summed E-state index contributed by atoms with van der Waals surface area (Å²) in [7, 11) is 0. The van der Waals surface area contributed by atoms with Gasteiger partial charge in [-0.1, -0.05) is 12.1 Å². The van der Waals surface area contributed by atoms with E-state index in [1.165, 1.54) is 6.07 Å². The average molecular weight is 349 g/mol. The molecule has 2 amide bonds. The minimum Gasteiger partial charge on any atom is -0.449 e. The van der Waals surface area contributed by atoms with Crippen molar-refractivity contribution < 1.29 is 18.4 Å². The molecule has 0 aliphatic carbocycles.